The molecule has 1 aliphatic heterocycles. The van der Waals surface area contributed by atoms with E-state index in [0.29, 0.717) is 22.9 Å². The van der Waals surface area contributed by atoms with E-state index in [-0.39, 0.29) is 12.5 Å². The highest BCUT2D eigenvalue weighted by Gasteiger charge is 2.17. The number of nitrogens with one attached hydrogen (secondary N) is 2. The summed E-state index contributed by atoms with van der Waals surface area (Å²) in [5.41, 5.74) is 0.742. The van der Waals surface area contributed by atoms with Crippen molar-refractivity contribution in [3.8, 4) is 17.2 Å². The Morgan fingerprint density at radius 1 is 0.909 bits per heavy atom. The summed E-state index contributed by atoms with van der Waals surface area (Å²) in [5, 5.41) is 14.2. The van der Waals surface area contributed by atoms with Crippen molar-refractivity contribution in [3.05, 3.63) is 42.5 Å². The second kappa shape index (κ2) is 5.65. The zero-order valence-electron chi connectivity index (χ0n) is 11.3. The fourth-order valence-corrected chi connectivity index (χ4v) is 1.93. The summed E-state index contributed by atoms with van der Waals surface area (Å²) < 4.78 is 10.3. The van der Waals surface area contributed by atoms with Gasteiger partial charge in [-0.05, 0) is 24.3 Å². The van der Waals surface area contributed by atoms with Gasteiger partial charge in [0.25, 0.3) is 0 Å². The molecule has 0 fully saturated rings. The number of fused-ring (bicyclic) bond motifs is 1. The van der Waals surface area contributed by atoms with E-state index in [1.165, 1.54) is 12.1 Å². The van der Waals surface area contributed by atoms with Gasteiger partial charge in [0.05, 0.1) is 0 Å². The predicted molar refractivity (Wildman–Crippen MR) is 77.9 cm³/mol. The third-order valence-corrected chi connectivity index (χ3v) is 2.94. The maximum absolute atomic E-state index is 11.8. The summed E-state index contributed by atoms with van der Waals surface area (Å²) in [7, 11) is 0. The van der Waals surface area contributed by atoms with Crippen LogP contribution in [0.3, 0.4) is 0 Å². The third kappa shape index (κ3) is 2.93. The minimum Gasteiger partial charge on any atom is -0.508 e. The van der Waals surface area contributed by atoms with Gasteiger partial charge in [0.15, 0.2) is 11.5 Å². The zero-order valence-corrected chi connectivity index (χ0v) is 11.3. The van der Waals surface area contributed by atoms with Gasteiger partial charge in [-0.25, -0.2) is 0 Å². The normalized spacial score (nSPS) is 11.8. The number of anilines is 2. The van der Waals surface area contributed by atoms with Crippen molar-refractivity contribution in [1.82, 2.24) is 0 Å². The molecule has 3 rings (SSSR count). The lowest BCUT2D eigenvalue weighted by Gasteiger charge is -2.07. The molecule has 0 spiro atoms. The SMILES string of the molecule is O=C(Nc1cccc(O)c1)C(=O)Nc1ccc2c(c1)OCO2. The Hall–Kier alpha value is -3.22. The van der Waals surface area contributed by atoms with Crippen LogP contribution in [0.15, 0.2) is 42.5 Å². The van der Waals surface area contributed by atoms with Crippen molar-refractivity contribution < 1.29 is 24.2 Å². The van der Waals surface area contributed by atoms with Crippen molar-refractivity contribution in [2.24, 2.45) is 0 Å². The highest BCUT2D eigenvalue weighted by Crippen LogP contribution is 2.34. The lowest BCUT2D eigenvalue weighted by molar-refractivity contribution is -0.133. The number of carbonyl (C=O) groups is 2. The van der Waals surface area contributed by atoms with E-state index in [2.05, 4.69) is 10.6 Å². The average Bonchev–Trinajstić information content (AvgIpc) is 2.94. The van der Waals surface area contributed by atoms with Gasteiger partial charge in [-0.3, -0.25) is 9.59 Å². The van der Waals surface area contributed by atoms with Gasteiger partial charge in [0.1, 0.15) is 5.75 Å². The van der Waals surface area contributed by atoms with Crippen LogP contribution < -0.4 is 20.1 Å². The quantitative estimate of drug-likeness (QED) is 0.733. The maximum Gasteiger partial charge on any atom is 0.314 e. The molecule has 7 nitrogen and oxygen atoms in total. The van der Waals surface area contributed by atoms with Crippen LogP contribution >= 0.6 is 0 Å². The lowest BCUT2D eigenvalue weighted by atomic mass is 10.2. The summed E-state index contributed by atoms with van der Waals surface area (Å²) >= 11 is 0. The molecule has 1 heterocycles. The van der Waals surface area contributed by atoms with E-state index in [9.17, 15) is 14.7 Å². The van der Waals surface area contributed by atoms with E-state index in [1.54, 1.807) is 30.3 Å². The first-order valence-electron chi connectivity index (χ1n) is 6.43. The van der Waals surface area contributed by atoms with Crippen LogP contribution in [0.25, 0.3) is 0 Å². The van der Waals surface area contributed by atoms with Crippen LogP contribution in [0.1, 0.15) is 0 Å². The number of carbonyl (C=O) groups excluding carboxylic acids is 2. The molecule has 0 bridgehead atoms. The second-order valence-corrected chi connectivity index (χ2v) is 4.53. The Morgan fingerprint density at radius 2 is 1.59 bits per heavy atom. The van der Waals surface area contributed by atoms with Gasteiger partial charge in [-0.15, -0.1) is 0 Å². The molecular formula is C15H12N2O5. The van der Waals surface area contributed by atoms with Crippen molar-refractivity contribution in [2.75, 3.05) is 17.4 Å². The first-order valence-corrected chi connectivity index (χ1v) is 6.43. The van der Waals surface area contributed by atoms with E-state index in [1.807, 2.05) is 0 Å². The number of benzene rings is 2. The molecule has 112 valence electrons. The van der Waals surface area contributed by atoms with E-state index < -0.39 is 11.8 Å². The van der Waals surface area contributed by atoms with E-state index in [4.69, 9.17) is 9.47 Å². The molecule has 3 N–H and O–H groups in total. The molecule has 0 aliphatic carbocycles. The molecule has 22 heavy (non-hydrogen) atoms. The monoisotopic (exact) mass is 300 g/mol. The summed E-state index contributed by atoms with van der Waals surface area (Å²) in [6.45, 7) is 0.130. The van der Waals surface area contributed by atoms with Crippen molar-refractivity contribution in [1.29, 1.82) is 0 Å². The lowest BCUT2D eigenvalue weighted by Crippen LogP contribution is -2.29. The molecule has 0 saturated carbocycles. The first kappa shape index (κ1) is 13.7. The van der Waals surface area contributed by atoms with E-state index >= 15 is 0 Å². The fourth-order valence-electron chi connectivity index (χ4n) is 1.93. The molecule has 0 radical (unpaired) electrons. The zero-order chi connectivity index (χ0) is 15.5. The number of hydrogen-bond acceptors (Lipinski definition) is 5. The molecule has 0 aromatic heterocycles. The largest absolute Gasteiger partial charge is 0.508 e. The molecule has 0 atom stereocenters. The molecule has 2 amide bonds. The van der Waals surface area contributed by atoms with Crippen LogP contribution in [0, 0.1) is 0 Å². The number of ether oxygens (including phenoxy) is 2. The molecule has 1 aliphatic rings. The number of aromatic hydroxyl groups is 1. The van der Waals surface area contributed by atoms with Crippen LogP contribution in [0.2, 0.25) is 0 Å². The topological polar surface area (TPSA) is 96.9 Å². The van der Waals surface area contributed by atoms with Gasteiger partial charge >= 0.3 is 11.8 Å². The smallest absolute Gasteiger partial charge is 0.314 e. The van der Waals surface area contributed by atoms with Gasteiger partial charge in [0.2, 0.25) is 6.79 Å². The first-order chi connectivity index (χ1) is 10.6. The number of phenols is 1. The van der Waals surface area contributed by atoms with Crippen LogP contribution in [-0.4, -0.2) is 23.7 Å². The minimum atomic E-state index is -0.844. The Balaban J connectivity index is 1.65. The number of phenolic OH excluding ortho intramolecular Hbond substituents is 1. The van der Waals surface area contributed by atoms with E-state index in [0.717, 1.165) is 0 Å². The Kier molecular flexibility index (Phi) is 3.53. The van der Waals surface area contributed by atoms with Gasteiger partial charge in [-0.1, -0.05) is 6.07 Å². The molecule has 2 aromatic rings. The van der Waals surface area contributed by atoms with Gasteiger partial charge < -0.3 is 25.2 Å². The highest BCUT2D eigenvalue weighted by atomic mass is 16.7. The highest BCUT2D eigenvalue weighted by molar-refractivity contribution is 6.43. The molecule has 0 unspecified atom stereocenters. The Morgan fingerprint density at radius 3 is 2.32 bits per heavy atom. The molecular weight excluding hydrogens is 288 g/mol. The van der Waals surface area contributed by atoms with Crippen LogP contribution in [0.5, 0.6) is 17.2 Å². The maximum atomic E-state index is 11.8. The standard InChI is InChI=1S/C15H12N2O5/c18-11-3-1-2-9(6-11)16-14(19)15(20)17-10-4-5-12-13(7-10)22-8-21-12/h1-7,18H,8H2,(H,16,19)(H,17,20). The number of hydrogen-bond donors (Lipinski definition) is 3. The number of amides is 2. The molecule has 2 aromatic carbocycles. The number of rotatable bonds is 2. The summed E-state index contributed by atoms with van der Waals surface area (Å²) in [6.07, 6.45) is 0. The predicted octanol–water partition coefficient (Wildman–Crippen LogP) is 1.70. The van der Waals surface area contributed by atoms with Crippen LogP contribution in [0.4, 0.5) is 11.4 Å². The summed E-state index contributed by atoms with van der Waals surface area (Å²) in [6, 6.07) is 10.7. The van der Waals surface area contributed by atoms with Crippen molar-refractivity contribution in [2.45, 2.75) is 0 Å². The van der Waals surface area contributed by atoms with Crippen molar-refractivity contribution in [3.63, 3.8) is 0 Å². The Labute approximate surface area is 125 Å². The molecule has 7 heteroatoms. The van der Waals surface area contributed by atoms with Crippen molar-refractivity contribution >= 4 is 23.2 Å². The summed E-state index contributed by atoms with van der Waals surface area (Å²) in [5.74, 6) is -0.590. The third-order valence-electron chi connectivity index (χ3n) is 2.94. The fraction of sp³-hybridized carbons (Fsp3) is 0.0667. The van der Waals surface area contributed by atoms with Gasteiger partial charge in [0, 0.05) is 23.5 Å². The van der Waals surface area contributed by atoms with Crippen LogP contribution in [-0.2, 0) is 9.59 Å². The second-order valence-electron chi connectivity index (χ2n) is 4.53. The summed E-state index contributed by atoms with van der Waals surface area (Å²) in [4.78, 5) is 23.6. The average molecular weight is 300 g/mol. The Bertz CT molecular complexity index is 744. The molecule has 0 saturated heterocycles. The minimum absolute atomic E-state index is 0.00557. The van der Waals surface area contributed by atoms with Gasteiger partial charge in [-0.2, -0.15) is 0 Å².